The molecule has 0 bridgehead atoms. The van der Waals surface area contributed by atoms with Crippen molar-refractivity contribution < 1.29 is 0 Å². The average Bonchev–Trinajstić information content (AvgIpc) is 3.23. The van der Waals surface area contributed by atoms with Gasteiger partial charge in [0.1, 0.15) is 0 Å². The summed E-state index contributed by atoms with van der Waals surface area (Å²) < 4.78 is 0. The summed E-state index contributed by atoms with van der Waals surface area (Å²) in [5.74, 6) is 0. The van der Waals surface area contributed by atoms with Crippen LogP contribution in [0.5, 0.6) is 0 Å². The summed E-state index contributed by atoms with van der Waals surface area (Å²) in [6, 6.07) is 56.7. The maximum atomic E-state index is 5.14. The Labute approximate surface area is 300 Å². The molecule has 0 N–H and O–H groups in total. The van der Waals surface area contributed by atoms with Crippen molar-refractivity contribution in [3.63, 3.8) is 0 Å². The second-order valence-electron chi connectivity index (χ2n) is 13.0. The number of benzene rings is 5. The molecule has 0 radical (unpaired) electrons. The molecule has 0 saturated heterocycles. The van der Waals surface area contributed by atoms with E-state index in [-0.39, 0.29) is 0 Å². The molecule has 5 heteroatoms. The largest absolute Gasteiger partial charge is 0.264 e. The Bertz CT molecular complexity index is 2940. The molecule has 0 aliphatic heterocycles. The van der Waals surface area contributed by atoms with Gasteiger partial charge in [-0.2, -0.15) is 0 Å². The lowest BCUT2D eigenvalue weighted by Gasteiger charge is -2.09. The Kier molecular flexibility index (Phi) is 7.07. The quantitative estimate of drug-likeness (QED) is 0.171. The van der Waals surface area contributed by atoms with Crippen LogP contribution in [0.25, 0.3) is 99.8 Å². The van der Waals surface area contributed by atoms with Gasteiger partial charge in [-0.15, -0.1) is 0 Å². The van der Waals surface area contributed by atoms with E-state index in [1.165, 1.54) is 0 Å². The molecule has 10 rings (SSSR count). The molecule has 0 aliphatic carbocycles. The maximum Gasteiger partial charge on any atom is 0.0972 e. The number of fused-ring (bicyclic) bond motifs is 5. The molecule has 5 aromatic heterocycles. The molecular weight excluding hydrogens is 635 g/mol. The minimum Gasteiger partial charge on any atom is -0.264 e. The number of hydrogen-bond donors (Lipinski definition) is 0. The third-order valence-corrected chi connectivity index (χ3v) is 9.74. The van der Waals surface area contributed by atoms with Gasteiger partial charge in [0.05, 0.1) is 44.8 Å². The summed E-state index contributed by atoms with van der Waals surface area (Å²) in [5.41, 5.74) is 13.8. The van der Waals surface area contributed by atoms with Crippen molar-refractivity contribution in [3.8, 4) is 56.2 Å². The number of pyridine rings is 5. The molecular formula is C47H29N5. The summed E-state index contributed by atoms with van der Waals surface area (Å²) in [7, 11) is 0. The molecule has 0 spiro atoms. The SMILES string of the molecule is c1ccc(-c2ccc3ccc4ccc(-c5ccc(-c6ccc7ccc(-c8ccc9ccc(-c%10cccnc%10)nc9c8)cc7n6)cc5)nc4c3n2)cc1. The minimum atomic E-state index is 0.903. The van der Waals surface area contributed by atoms with E-state index in [0.717, 1.165) is 99.8 Å². The Morgan fingerprint density at radius 3 is 1.21 bits per heavy atom. The first-order valence-electron chi connectivity index (χ1n) is 17.3. The maximum absolute atomic E-state index is 5.14. The summed E-state index contributed by atoms with van der Waals surface area (Å²) in [6.45, 7) is 0. The van der Waals surface area contributed by atoms with Gasteiger partial charge < -0.3 is 0 Å². The zero-order valence-electron chi connectivity index (χ0n) is 28.0. The lowest BCUT2D eigenvalue weighted by molar-refractivity contribution is 1.30. The summed E-state index contributed by atoms with van der Waals surface area (Å²) in [4.78, 5) is 24.5. The lowest BCUT2D eigenvalue weighted by atomic mass is 10.0. The first kappa shape index (κ1) is 29.8. The van der Waals surface area contributed by atoms with Crippen LogP contribution < -0.4 is 0 Å². The molecule has 5 aromatic carbocycles. The van der Waals surface area contributed by atoms with Crippen LogP contribution >= 0.6 is 0 Å². The minimum absolute atomic E-state index is 0.903. The highest BCUT2D eigenvalue weighted by Crippen LogP contribution is 2.32. The molecule has 0 saturated carbocycles. The van der Waals surface area contributed by atoms with Crippen molar-refractivity contribution in [2.45, 2.75) is 0 Å². The van der Waals surface area contributed by atoms with Crippen molar-refractivity contribution in [3.05, 3.63) is 176 Å². The van der Waals surface area contributed by atoms with Crippen molar-refractivity contribution in [1.82, 2.24) is 24.9 Å². The van der Waals surface area contributed by atoms with Crippen LogP contribution in [0.4, 0.5) is 0 Å². The second-order valence-corrected chi connectivity index (χ2v) is 13.0. The van der Waals surface area contributed by atoms with Crippen molar-refractivity contribution in [1.29, 1.82) is 0 Å². The Morgan fingerprint density at radius 2 is 0.692 bits per heavy atom. The average molecular weight is 664 g/mol. The van der Waals surface area contributed by atoms with E-state index in [1.54, 1.807) is 6.20 Å². The highest BCUT2D eigenvalue weighted by molar-refractivity contribution is 6.04. The predicted octanol–water partition coefficient (Wildman–Crippen LogP) is 11.6. The monoisotopic (exact) mass is 663 g/mol. The summed E-state index contributed by atoms with van der Waals surface area (Å²) >= 11 is 0. The van der Waals surface area contributed by atoms with Crippen LogP contribution in [0.1, 0.15) is 0 Å². The fraction of sp³-hybridized carbons (Fsp3) is 0. The van der Waals surface area contributed by atoms with E-state index in [1.807, 2.05) is 42.6 Å². The number of nitrogens with zero attached hydrogens (tertiary/aromatic N) is 5. The van der Waals surface area contributed by atoms with Gasteiger partial charge in [-0.25, -0.2) is 19.9 Å². The normalized spacial score (nSPS) is 11.5. The van der Waals surface area contributed by atoms with Crippen LogP contribution in [-0.2, 0) is 0 Å². The van der Waals surface area contributed by atoms with Gasteiger partial charge in [-0.05, 0) is 59.7 Å². The second kappa shape index (κ2) is 12.3. The standard InChI is InChI=1S/C47H29N5/c1-2-5-30(6-3-1)41-24-20-35-14-15-36-21-25-42(52-47(36)46(35)51-41)32-10-8-31(9-11-32)40-22-18-33-12-16-37(27-44(33)49-40)38-17-13-34-19-23-43(50-45(34)28-38)39-7-4-26-48-29-39/h1-29H. The fourth-order valence-electron chi connectivity index (χ4n) is 6.94. The van der Waals surface area contributed by atoms with E-state index < -0.39 is 0 Å². The Hall–Kier alpha value is -7.11. The van der Waals surface area contributed by atoms with Crippen LogP contribution in [0.3, 0.4) is 0 Å². The van der Waals surface area contributed by atoms with E-state index in [4.69, 9.17) is 19.9 Å². The van der Waals surface area contributed by atoms with Gasteiger partial charge in [0, 0.05) is 56.2 Å². The third-order valence-electron chi connectivity index (χ3n) is 9.74. The molecule has 0 unspecified atom stereocenters. The van der Waals surface area contributed by atoms with Gasteiger partial charge >= 0.3 is 0 Å². The van der Waals surface area contributed by atoms with Gasteiger partial charge in [-0.3, -0.25) is 4.98 Å². The van der Waals surface area contributed by atoms with E-state index in [9.17, 15) is 0 Å². The fourth-order valence-corrected chi connectivity index (χ4v) is 6.94. The molecule has 0 atom stereocenters. The third kappa shape index (κ3) is 5.42. The topological polar surface area (TPSA) is 64.5 Å². The Balaban J connectivity index is 0.965. The zero-order chi connectivity index (χ0) is 34.4. The van der Waals surface area contributed by atoms with Gasteiger partial charge in [0.25, 0.3) is 0 Å². The molecule has 0 aliphatic rings. The number of rotatable bonds is 5. The highest BCUT2D eigenvalue weighted by Gasteiger charge is 2.11. The smallest absolute Gasteiger partial charge is 0.0972 e. The molecule has 242 valence electrons. The van der Waals surface area contributed by atoms with Crippen molar-refractivity contribution in [2.75, 3.05) is 0 Å². The van der Waals surface area contributed by atoms with Gasteiger partial charge in [0.15, 0.2) is 0 Å². The van der Waals surface area contributed by atoms with Gasteiger partial charge in [0.2, 0.25) is 0 Å². The van der Waals surface area contributed by atoms with Crippen LogP contribution in [0, 0.1) is 0 Å². The molecule has 5 nitrogen and oxygen atoms in total. The predicted molar refractivity (Wildman–Crippen MR) is 213 cm³/mol. The van der Waals surface area contributed by atoms with E-state index in [0.29, 0.717) is 0 Å². The summed E-state index contributed by atoms with van der Waals surface area (Å²) in [5, 5.41) is 4.34. The highest BCUT2D eigenvalue weighted by atomic mass is 14.8. The molecule has 0 fully saturated rings. The van der Waals surface area contributed by atoms with Crippen molar-refractivity contribution in [2.24, 2.45) is 0 Å². The molecule has 10 aromatic rings. The summed E-state index contributed by atoms with van der Waals surface area (Å²) in [6.07, 6.45) is 3.63. The first-order chi connectivity index (χ1) is 25.7. The number of aromatic nitrogens is 5. The van der Waals surface area contributed by atoms with E-state index in [2.05, 4.69) is 132 Å². The van der Waals surface area contributed by atoms with Gasteiger partial charge in [-0.1, -0.05) is 115 Å². The van der Waals surface area contributed by atoms with Crippen molar-refractivity contribution >= 4 is 43.6 Å². The first-order valence-corrected chi connectivity index (χ1v) is 17.3. The van der Waals surface area contributed by atoms with E-state index >= 15 is 0 Å². The molecule has 0 amide bonds. The lowest BCUT2D eigenvalue weighted by Crippen LogP contribution is -1.91. The number of hydrogen-bond acceptors (Lipinski definition) is 5. The van der Waals surface area contributed by atoms with Crippen LogP contribution in [0.15, 0.2) is 176 Å². The van der Waals surface area contributed by atoms with Crippen LogP contribution in [0.2, 0.25) is 0 Å². The van der Waals surface area contributed by atoms with Crippen LogP contribution in [-0.4, -0.2) is 24.9 Å². The molecule has 5 heterocycles. The molecule has 52 heavy (non-hydrogen) atoms. The Morgan fingerprint density at radius 1 is 0.288 bits per heavy atom. The zero-order valence-corrected chi connectivity index (χ0v) is 28.0.